The molecular weight excluding hydrogens is 226 g/mol. The van der Waals surface area contributed by atoms with Gasteiger partial charge in [-0.25, -0.2) is 4.79 Å². The van der Waals surface area contributed by atoms with Crippen LogP contribution in [0.15, 0.2) is 48.7 Å². The molecule has 0 saturated heterocycles. The molecule has 0 bridgehead atoms. The van der Waals surface area contributed by atoms with Gasteiger partial charge in [-0.15, -0.1) is 0 Å². The number of hydrogen-bond acceptors (Lipinski definition) is 3. The zero-order valence-corrected chi connectivity index (χ0v) is 9.88. The molecule has 3 aromatic rings. The third-order valence-corrected chi connectivity index (χ3v) is 3.05. The van der Waals surface area contributed by atoms with Gasteiger partial charge in [0.1, 0.15) is 0 Å². The van der Waals surface area contributed by atoms with E-state index in [9.17, 15) is 4.79 Å². The summed E-state index contributed by atoms with van der Waals surface area (Å²) < 4.78 is 4.80. The van der Waals surface area contributed by atoms with Crippen molar-refractivity contribution < 1.29 is 9.53 Å². The first-order valence-electron chi connectivity index (χ1n) is 5.66. The van der Waals surface area contributed by atoms with Crippen molar-refractivity contribution in [1.29, 1.82) is 0 Å². The van der Waals surface area contributed by atoms with E-state index in [-0.39, 0.29) is 5.97 Å². The molecule has 0 amide bonds. The molecule has 3 nitrogen and oxygen atoms in total. The lowest BCUT2D eigenvalue weighted by Gasteiger charge is -2.07. The van der Waals surface area contributed by atoms with Gasteiger partial charge in [-0.2, -0.15) is 0 Å². The molecular formula is C15H11NO2. The summed E-state index contributed by atoms with van der Waals surface area (Å²) >= 11 is 0. The van der Waals surface area contributed by atoms with Crippen LogP contribution in [0.3, 0.4) is 0 Å². The van der Waals surface area contributed by atoms with Crippen molar-refractivity contribution in [2.75, 3.05) is 7.11 Å². The molecule has 1 heterocycles. The van der Waals surface area contributed by atoms with Gasteiger partial charge in [0, 0.05) is 11.6 Å². The van der Waals surface area contributed by atoms with E-state index in [0.717, 1.165) is 21.7 Å². The molecule has 18 heavy (non-hydrogen) atoms. The van der Waals surface area contributed by atoms with Crippen LogP contribution in [-0.4, -0.2) is 18.1 Å². The molecule has 0 spiro atoms. The van der Waals surface area contributed by atoms with Gasteiger partial charge in [0.2, 0.25) is 0 Å². The van der Waals surface area contributed by atoms with Gasteiger partial charge < -0.3 is 4.74 Å². The zero-order valence-electron chi connectivity index (χ0n) is 9.88. The highest BCUT2D eigenvalue weighted by atomic mass is 16.5. The molecule has 2 aromatic carbocycles. The predicted octanol–water partition coefficient (Wildman–Crippen LogP) is 3.17. The Hall–Kier alpha value is -2.42. The number of ether oxygens (including phenoxy) is 1. The van der Waals surface area contributed by atoms with Crippen LogP contribution in [0.4, 0.5) is 0 Å². The Bertz CT molecular complexity index is 750. The highest BCUT2D eigenvalue weighted by Gasteiger charge is 2.11. The van der Waals surface area contributed by atoms with Crippen LogP contribution in [0.1, 0.15) is 10.4 Å². The van der Waals surface area contributed by atoms with Crippen molar-refractivity contribution in [3.63, 3.8) is 0 Å². The lowest BCUT2D eigenvalue weighted by Crippen LogP contribution is -2.01. The number of benzene rings is 2. The number of fused-ring (bicyclic) bond motifs is 3. The largest absolute Gasteiger partial charge is 0.465 e. The summed E-state index contributed by atoms with van der Waals surface area (Å²) in [5.41, 5.74) is 1.51. The maximum atomic E-state index is 11.7. The van der Waals surface area contributed by atoms with Crippen LogP contribution in [0.25, 0.3) is 21.7 Å². The Morgan fingerprint density at radius 1 is 1.00 bits per heavy atom. The molecule has 0 saturated carbocycles. The number of pyridine rings is 1. The normalized spacial score (nSPS) is 10.7. The molecule has 0 radical (unpaired) electrons. The minimum Gasteiger partial charge on any atom is -0.465 e. The van der Waals surface area contributed by atoms with Crippen molar-refractivity contribution in [3.8, 4) is 0 Å². The maximum Gasteiger partial charge on any atom is 0.338 e. The Labute approximate surface area is 104 Å². The topological polar surface area (TPSA) is 39.2 Å². The molecule has 1 aromatic heterocycles. The Morgan fingerprint density at radius 2 is 1.83 bits per heavy atom. The number of methoxy groups -OCH3 is 1. The van der Waals surface area contributed by atoms with Crippen LogP contribution in [-0.2, 0) is 4.74 Å². The standard InChI is InChI=1S/C15H11NO2/c1-18-15(17)13-5-2-4-10-11(13)7-8-14-12(10)6-3-9-16-14/h2-9H,1H3. The molecule has 0 fully saturated rings. The molecule has 0 atom stereocenters. The Kier molecular flexibility index (Phi) is 2.45. The molecule has 3 rings (SSSR count). The maximum absolute atomic E-state index is 11.7. The monoisotopic (exact) mass is 237 g/mol. The van der Waals surface area contributed by atoms with Gasteiger partial charge in [0.25, 0.3) is 0 Å². The molecule has 0 aliphatic heterocycles. The SMILES string of the molecule is COC(=O)c1cccc2c1ccc1ncccc12. The van der Waals surface area contributed by atoms with E-state index >= 15 is 0 Å². The third kappa shape index (κ3) is 1.52. The second-order valence-electron chi connectivity index (χ2n) is 4.03. The summed E-state index contributed by atoms with van der Waals surface area (Å²) in [4.78, 5) is 16.0. The fourth-order valence-corrected chi connectivity index (χ4v) is 2.21. The van der Waals surface area contributed by atoms with E-state index in [2.05, 4.69) is 4.98 Å². The summed E-state index contributed by atoms with van der Waals surface area (Å²) in [5, 5.41) is 2.95. The summed E-state index contributed by atoms with van der Waals surface area (Å²) in [6.07, 6.45) is 1.76. The molecule has 0 N–H and O–H groups in total. The van der Waals surface area contributed by atoms with E-state index in [1.54, 1.807) is 12.3 Å². The van der Waals surface area contributed by atoms with Crippen LogP contribution >= 0.6 is 0 Å². The molecule has 0 aliphatic rings. The smallest absolute Gasteiger partial charge is 0.338 e. The number of hydrogen-bond donors (Lipinski definition) is 0. The van der Waals surface area contributed by atoms with Crippen molar-refractivity contribution in [2.24, 2.45) is 0 Å². The van der Waals surface area contributed by atoms with Crippen LogP contribution in [0.2, 0.25) is 0 Å². The van der Waals surface area contributed by atoms with Gasteiger partial charge in [-0.1, -0.05) is 24.3 Å². The van der Waals surface area contributed by atoms with Gasteiger partial charge in [0.15, 0.2) is 0 Å². The van der Waals surface area contributed by atoms with Gasteiger partial charge >= 0.3 is 5.97 Å². The average molecular weight is 237 g/mol. The van der Waals surface area contributed by atoms with Gasteiger partial charge in [-0.3, -0.25) is 4.98 Å². The highest BCUT2D eigenvalue weighted by Crippen LogP contribution is 2.26. The van der Waals surface area contributed by atoms with Crippen molar-refractivity contribution in [1.82, 2.24) is 4.98 Å². The summed E-state index contributed by atoms with van der Waals surface area (Å²) in [6, 6.07) is 13.4. The van der Waals surface area contributed by atoms with E-state index < -0.39 is 0 Å². The first kappa shape index (κ1) is 10.7. The third-order valence-electron chi connectivity index (χ3n) is 3.05. The average Bonchev–Trinajstić information content (AvgIpc) is 2.45. The Morgan fingerprint density at radius 3 is 2.67 bits per heavy atom. The van der Waals surface area contributed by atoms with Crippen LogP contribution < -0.4 is 0 Å². The number of carbonyl (C=O) groups is 1. The van der Waals surface area contributed by atoms with Crippen molar-refractivity contribution in [2.45, 2.75) is 0 Å². The van der Waals surface area contributed by atoms with Crippen LogP contribution in [0.5, 0.6) is 0 Å². The van der Waals surface area contributed by atoms with E-state index in [0.29, 0.717) is 5.56 Å². The summed E-state index contributed by atoms with van der Waals surface area (Å²) in [7, 11) is 1.39. The van der Waals surface area contributed by atoms with Crippen molar-refractivity contribution >= 4 is 27.6 Å². The minimum atomic E-state index is -0.316. The quantitative estimate of drug-likeness (QED) is 0.482. The highest BCUT2D eigenvalue weighted by molar-refractivity contribution is 6.13. The molecule has 0 unspecified atom stereocenters. The van der Waals surface area contributed by atoms with E-state index in [4.69, 9.17) is 4.74 Å². The molecule has 0 aliphatic carbocycles. The second kappa shape index (κ2) is 4.11. The van der Waals surface area contributed by atoms with Crippen molar-refractivity contribution in [3.05, 3.63) is 54.2 Å². The lowest BCUT2D eigenvalue weighted by molar-refractivity contribution is 0.0603. The van der Waals surface area contributed by atoms with Crippen LogP contribution in [0, 0.1) is 0 Å². The minimum absolute atomic E-state index is 0.316. The lowest BCUT2D eigenvalue weighted by atomic mass is 10.0. The summed E-state index contributed by atoms with van der Waals surface area (Å²) in [6.45, 7) is 0. The summed E-state index contributed by atoms with van der Waals surface area (Å²) in [5.74, 6) is -0.316. The zero-order chi connectivity index (χ0) is 12.5. The number of rotatable bonds is 1. The first-order chi connectivity index (χ1) is 8.81. The molecule has 88 valence electrons. The second-order valence-corrected chi connectivity index (χ2v) is 4.03. The fraction of sp³-hybridized carbons (Fsp3) is 0.0667. The molecule has 3 heteroatoms. The predicted molar refractivity (Wildman–Crippen MR) is 70.6 cm³/mol. The Balaban J connectivity index is 2.43. The number of esters is 1. The van der Waals surface area contributed by atoms with Gasteiger partial charge in [-0.05, 0) is 29.0 Å². The number of carbonyl (C=O) groups excluding carboxylic acids is 1. The number of nitrogens with zero attached hydrogens (tertiary/aromatic N) is 1. The van der Waals surface area contributed by atoms with E-state index in [1.165, 1.54) is 7.11 Å². The fourth-order valence-electron chi connectivity index (χ4n) is 2.21. The first-order valence-corrected chi connectivity index (χ1v) is 5.66. The number of aromatic nitrogens is 1. The van der Waals surface area contributed by atoms with E-state index in [1.807, 2.05) is 36.4 Å². The van der Waals surface area contributed by atoms with Gasteiger partial charge in [0.05, 0.1) is 18.2 Å².